The van der Waals surface area contributed by atoms with Crippen molar-refractivity contribution in [3.05, 3.63) is 41.7 Å². The molecule has 0 fully saturated rings. The predicted octanol–water partition coefficient (Wildman–Crippen LogP) is 2.60. The minimum atomic E-state index is 0.898. The van der Waals surface area contributed by atoms with Gasteiger partial charge in [0, 0.05) is 16.7 Å². The average Bonchev–Trinajstić information content (AvgIpc) is 2.60. The van der Waals surface area contributed by atoms with E-state index in [1.54, 1.807) is 7.11 Å². The molecule has 1 heterocycles. The second-order valence-corrected chi connectivity index (χ2v) is 4.42. The van der Waals surface area contributed by atoms with Crippen LogP contribution < -0.4 is 10.0 Å². The Kier molecular flexibility index (Phi) is 3.02. The van der Waals surface area contributed by atoms with Crippen molar-refractivity contribution in [2.75, 3.05) is 7.11 Å². The molecule has 3 heteroatoms. The quantitative estimate of drug-likeness (QED) is 0.727. The van der Waals surface area contributed by atoms with Gasteiger partial charge in [-0.1, -0.05) is 15.3 Å². The Morgan fingerprint density at radius 3 is 2.25 bits per heavy atom. The molecule has 0 saturated carbocycles. The Morgan fingerprint density at radius 2 is 1.69 bits per heavy atom. The van der Waals surface area contributed by atoms with E-state index >= 15 is 0 Å². The molecular formula is C13H16NOP. The van der Waals surface area contributed by atoms with Gasteiger partial charge in [0.25, 0.3) is 0 Å². The molecule has 1 aromatic carbocycles. The third-order valence-corrected chi connectivity index (χ3v) is 3.36. The van der Waals surface area contributed by atoms with Gasteiger partial charge in [-0.3, -0.25) is 0 Å². The second-order valence-electron chi connectivity index (χ2n) is 3.84. The first-order valence-corrected chi connectivity index (χ1v) is 5.80. The number of aryl methyl sites for hydroxylation is 2. The smallest absolute Gasteiger partial charge is 0.128 e. The monoisotopic (exact) mass is 233 g/mol. The lowest BCUT2D eigenvalue weighted by atomic mass is 10.2. The molecule has 2 nitrogen and oxygen atoms in total. The van der Waals surface area contributed by atoms with E-state index in [-0.39, 0.29) is 0 Å². The van der Waals surface area contributed by atoms with E-state index in [0.717, 1.165) is 16.7 Å². The van der Waals surface area contributed by atoms with Gasteiger partial charge in [0.2, 0.25) is 0 Å². The summed E-state index contributed by atoms with van der Waals surface area (Å²) in [5.74, 6) is 0.898. The number of hydrogen-bond donors (Lipinski definition) is 0. The molecule has 1 atom stereocenters. The van der Waals surface area contributed by atoms with Gasteiger partial charge in [-0.2, -0.15) is 0 Å². The Bertz CT molecular complexity index is 497. The molecule has 0 saturated heterocycles. The van der Waals surface area contributed by atoms with Gasteiger partial charge in [-0.15, -0.1) is 0 Å². The molecule has 0 amide bonds. The Balaban J connectivity index is 2.65. The topological polar surface area (TPSA) is 14.2 Å². The van der Waals surface area contributed by atoms with Gasteiger partial charge in [-0.25, -0.2) is 0 Å². The number of methoxy groups -OCH3 is 1. The van der Waals surface area contributed by atoms with Gasteiger partial charge < -0.3 is 9.30 Å². The molecule has 0 radical (unpaired) electrons. The van der Waals surface area contributed by atoms with Crippen molar-refractivity contribution in [1.82, 2.24) is 4.57 Å². The maximum atomic E-state index is 5.33. The summed E-state index contributed by atoms with van der Waals surface area (Å²) in [6, 6.07) is 10.3. The predicted molar refractivity (Wildman–Crippen MR) is 71.1 cm³/mol. The normalized spacial score (nSPS) is 10.5. The third kappa shape index (κ3) is 1.74. The summed E-state index contributed by atoms with van der Waals surface area (Å²) >= 11 is 0. The van der Waals surface area contributed by atoms with E-state index in [1.807, 2.05) is 12.1 Å². The number of aromatic nitrogens is 1. The highest BCUT2D eigenvalue weighted by molar-refractivity contribution is 7.28. The van der Waals surface area contributed by atoms with Crippen LogP contribution in [0.4, 0.5) is 0 Å². The number of rotatable bonds is 2. The summed E-state index contributed by atoms with van der Waals surface area (Å²) in [5, 5.41) is 1.09. The fourth-order valence-electron chi connectivity index (χ4n) is 1.95. The number of hydrogen-bond acceptors (Lipinski definition) is 1. The van der Waals surface area contributed by atoms with Crippen molar-refractivity contribution in [3.63, 3.8) is 0 Å². The second kappa shape index (κ2) is 4.31. The largest absolute Gasteiger partial charge is 0.496 e. The molecule has 84 valence electrons. The van der Waals surface area contributed by atoms with Crippen LogP contribution in [0.1, 0.15) is 11.4 Å². The number of ether oxygens (including phenoxy) is 1. The first-order valence-electron chi connectivity index (χ1n) is 5.23. The minimum absolute atomic E-state index is 0.898. The van der Waals surface area contributed by atoms with E-state index in [1.165, 1.54) is 11.4 Å². The molecule has 1 aromatic heterocycles. The summed E-state index contributed by atoms with van der Waals surface area (Å²) in [4.78, 5) is 0. The lowest BCUT2D eigenvalue weighted by Gasteiger charge is -2.14. The standard InChI is InChI=1S/C13H16NOP/c1-9-7-8-10(2)14(9)11-5-4-6-12(15-3)13(11)16/h4-8H,16H2,1-3H3. The molecule has 0 aliphatic heterocycles. The van der Waals surface area contributed by atoms with Gasteiger partial charge in [0.1, 0.15) is 5.75 Å². The van der Waals surface area contributed by atoms with Crippen molar-refractivity contribution >= 4 is 14.5 Å². The van der Waals surface area contributed by atoms with Gasteiger partial charge in [0.05, 0.1) is 12.8 Å². The van der Waals surface area contributed by atoms with Crippen molar-refractivity contribution in [2.24, 2.45) is 0 Å². The fourth-order valence-corrected chi connectivity index (χ4v) is 2.39. The van der Waals surface area contributed by atoms with Crippen LogP contribution in [0, 0.1) is 13.8 Å². The molecule has 0 N–H and O–H groups in total. The Labute approximate surface area is 98.4 Å². The van der Waals surface area contributed by atoms with E-state index in [4.69, 9.17) is 4.74 Å². The molecule has 2 rings (SSSR count). The molecule has 1 unspecified atom stereocenters. The SMILES string of the molecule is COc1cccc(-n2c(C)ccc2C)c1P. The summed E-state index contributed by atoms with van der Waals surface area (Å²) in [7, 11) is 4.45. The molecular weight excluding hydrogens is 217 g/mol. The van der Waals surface area contributed by atoms with Crippen molar-refractivity contribution < 1.29 is 4.74 Å². The Morgan fingerprint density at radius 1 is 1.06 bits per heavy atom. The highest BCUT2D eigenvalue weighted by atomic mass is 31.0. The van der Waals surface area contributed by atoms with Gasteiger partial charge in [-0.05, 0) is 38.1 Å². The van der Waals surface area contributed by atoms with Crippen LogP contribution in [-0.4, -0.2) is 11.7 Å². The summed E-state index contributed by atoms with van der Waals surface area (Å²) < 4.78 is 7.56. The van der Waals surface area contributed by atoms with Gasteiger partial charge in [0.15, 0.2) is 0 Å². The molecule has 0 aliphatic carbocycles. The van der Waals surface area contributed by atoms with Crippen LogP contribution in [0.15, 0.2) is 30.3 Å². The maximum absolute atomic E-state index is 5.33. The van der Waals surface area contributed by atoms with Crippen molar-refractivity contribution in [2.45, 2.75) is 13.8 Å². The van der Waals surface area contributed by atoms with E-state index in [0.29, 0.717) is 0 Å². The zero-order chi connectivity index (χ0) is 11.7. The highest BCUT2D eigenvalue weighted by Gasteiger charge is 2.09. The first-order chi connectivity index (χ1) is 7.65. The van der Waals surface area contributed by atoms with E-state index in [2.05, 4.69) is 45.9 Å². The summed E-state index contributed by atoms with van der Waals surface area (Å²) in [6.07, 6.45) is 0. The molecule has 2 aromatic rings. The lowest BCUT2D eigenvalue weighted by Crippen LogP contribution is -2.10. The van der Waals surface area contributed by atoms with Crippen molar-refractivity contribution in [3.8, 4) is 11.4 Å². The van der Waals surface area contributed by atoms with Crippen LogP contribution >= 0.6 is 9.24 Å². The zero-order valence-corrected chi connectivity index (χ0v) is 11.0. The molecule has 0 spiro atoms. The first kappa shape index (κ1) is 11.2. The van der Waals surface area contributed by atoms with Gasteiger partial charge >= 0.3 is 0 Å². The van der Waals surface area contributed by atoms with Crippen LogP contribution in [0.5, 0.6) is 5.75 Å². The maximum Gasteiger partial charge on any atom is 0.128 e. The molecule has 16 heavy (non-hydrogen) atoms. The molecule has 0 bridgehead atoms. The van der Waals surface area contributed by atoms with Crippen molar-refractivity contribution in [1.29, 1.82) is 0 Å². The Hall–Kier alpha value is -1.27. The van der Waals surface area contributed by atoms with Crippen LogP contribution in [0.2, 0.25) is 0 Å². The summed E-state index contributed by atoms with van der Waals surface area (Å²) in [5.41, 5.74) is 3.62. The van der Waals surface area contributed by atoms with Crippen LogP contribution in [0.3, 0.4) is 0 Å². The van der Waals surface area contributed by atoms with Crippen LogP contribution in [0.25, 0.3) is 5.69 Å². The van der Waals surface area contributed by atoms with Crippen LogP contribution in [-0.2, 0) is 0 Å². The fraction of sp³-hybridized carbons (Fsp3) is 0.231. The zero-order valence-electron chi connectivity index (χ0n) is 9.82. The van der Waals surface area contributed by atoms with E-state index in [9.17, 15) is 0 Å². The lowest BCUT2D eigenvalue weighted by molar-refractivity contribution is 0.418. The summed E-state index contributed by atoms with van der Waals surface area (Å²) in [6.45, 7) is 4.22. The minimum Gasteiger partial charge on any atom is -0.496 e. The molecule has 0 aliphatic rings. The highest BCUT2D eigenvalue weighted by Crippen LogP contribution is 2.21. The average molecular weight is 233 g/mol. The number of benzene rings is 1. The van der Waals surface area contributed by atoms with E-state index < -0.39 is 0 Å². The third-order valence-electron chi connectivity index (χ3n) is 2.78. The number of nitrogens with zero attached hydrogens (tertiary/aromatic N) is 1.